The molecule has 2 aromatic rings. The van der Waals surface area contributed by atoms with Gasteiger partial charge >= 0.3 is 0 Å². The van der Waals surface area contributed by atoms with E-state index in [1.165, 1.54) is 0 Å². The molecule has 0 amide bonds. The van der Waals surface area contributed by atoms with Crippen molar-refractivity contribution in [3.63, 3.8) is 0 Å². The lowest BCUT2D eigenvalue weighted by atomic mass is 10.2. The van der Waals surface area contributed by atoms with Crippen LogP contribution in [0.25, 0.3) is 10.9 Å². The maximum Gasteiger partial charge on any atom is 0.258 e. The van der Waals surface area contributed by atoms with Crippen LogP contribution in [-0.4, -0.2) is 32.3 Å². The van der Waals surface area contributed by atoms with Crippen LogP contribution in [0.15, 0.2) is 29.1 Å². The van der Waals surface area contributed by atoms with Gasteiger partial charge in [0.25, 0.3) is 5.56 Å². The van der Waals surface area contributed by atoms with E-state index in [9.17, 15) is 4.79 Å². The summed E-state index contributed by atoms with van der Waals surface area (Å²) < 4.78 is 0.836. The van der Waals surface area contributed by atoms with Crippen molar-refractivity contribution in [2.75, 3.05) is 13.1 Å². The van der Waals surface area contributed by atoms with Gasteiger partial charge in [-0.25, -0.2) is 4.98 Å². The zero-order valence-electron chi connectivity index (χ0n) is 12.4. The van der Waals surface area contributed by atoms with E-state index in [1.54, 1.807) is 17.8 Å². The first-order valence-corrected chi connectivity index (χ1v) is 8.30. The summed E-state index contributed by atoms with van der Waals surface area (Å²) in [4.78, 5) is 21.6. The van der Waals surface area contributed by atoms with Gasteiger partial charge in [-0.3, -0.25) is 4.79 Å². The van der Waals surface area contributed by atoms with Gasteiger partial charge in [0, 0.05) is 13.1 Å². The lowest BCUT2D eigenvalue weighted by Crippen LogP contribution is -2.27. The molecular formula is C15H19N3OS2. The second-order valence-electron chi connectivity index (χ2n) is 4.67. The minimum Gasteiger partial charge on any atom is -0.358 e. The number of hydrogen-bond acceptors (Lipinski definition) is 4. The Balaban J connectivity index is 2.25. The van der Waals surface area contributed by atoms with Crippen LogP contribution in [0.4, 0.5) is 0 Å². The number of thiocarbonyl (C=S) groups is 1. The monoisotopic (exact) mass is 321 g/mol. The summed E-state index contributed by atoms with van der Waals surface area (Å²) in [6.07, 6.45) is 0. The summed E-state index contributed by atoms with van der Waals surface area (Å²) in [7, 11) is 0. The fourth-order valence-electron chi connectivity index (χ4n) is 2.06. The number of thioether (sulfide) groups is 1. The average Bonchev–Trinajstić information content (AvgIpc) is 2.48. The van der Waals surface area contributed by atoms with Gasteiger partial charge in [-0.05, 0) is 32.9 Å². The number of para-hydroxylation sites is 1. The lowest BCUT2D eigenvalue weighted by molar-refractivity contribution is 0.482. The van der Waals surface area contributed by atoms with Gasteiger partial charge < -0.3 is 9.88 Å². The molecular weight excluding hydrogens is 302 g/mol. The summed E-state index contributed by atoms with van der Waals surface area (Å²) in [5.41, 5.74) is 0.620. The highest BCUT2D eigenvalue weighted by Crippen LogP contribution is 2.28. The van der Waals surface area contributed by atoms with Crippen LogP contribution in [0.3, 0.4) is 0 Å². The van der Waals surface area contributed by atoms with Crippen molar-refractivity contribution in [2.24, 2.45) is 0 Å². The van der Waals surface area contributed by atoms with Crippen molar-refractivity contribution in [3.05, 3.63) is 40.4 Å². The van der Waals surface area contributed by atoms with E-state index in [0.717, 1.165) is 22.9 Å². The molecule has 0 saturated heterocycles. The Bertz CT molecular complexity index is 695. The highest BCUT2D eigenvalue weighted by molar-refractivity contribution is 8.23. The van der Waals surface area contributed by atoms with Crippen LogP contribution in [0.2, 0.25) is 0 Å². The topological polar surface area (TPSA) is 49.0 Å². The van der Waals surface area contributed by atoms with Crippen LogP contribution >= 0.6 is 24.0 Å². The predicted molar refractivity (Wildman–Crippen MR) is 93.9 cm³/mol. The van der Waals surface area contributed by atoms with Crippen molar-refractivity contribution >= 4 is 39.2 Å². The fraction of sp³-hybridized carbons (Fsp3) is 0.400. The minimum absolute atomic E-state index is 0.00964. The van der Waals surface area contributed by atoms with Crippen molar-refractivity contribution in [2.45, 2.75) is 26.0 Å². The van der Waals surface area contributed by atoms with E-state index in [2.05, 4.69) is 28.7 Å². The molecule has 0 radical (unpaired) electrons. The van der Waals surface area contributed by atoms with Crippen LogP contribution in [0.5, 0.6) is 0 Å². The molecule has 2 rings (SSSR count). The fourth-order valence-corrected chi connectivity index (χ4v) is 3.68. The maximum atomic E-state index is 12.1. The Labute approximate surface area is 134 Å². The van der Waals surface area contributed by atoms with E-state index in [0.29, 0.717) is 11.2 Å². The quantitative estimate of drug-likeness (QED) is 0.875. The van der Waals surface area contributed by atoms with E-state index in [4.69, 9.17) is 12.2 Å². The molecule has 1 heterocycles. The zero-order valence-corrected chi connectivity index (χ0v) is 14.1. The molecule has 1 N–H and O–H groups in total. The van der Waals surface area contributed by atoms with E-state index >= 15 is 0 Å². The number of hydrogen-bond donors (Lipinski definition) is 1. The van der Waals surface area contributed by atoms with Crippen LogP contribution < -0.4 is 5.56 Å². The first-order chi connectivity index (χ1) is 10.1. The summed E-state index contributed by atoms with van der Waals surface area (Å²) in [5, 5.41) is 0.625. The van der Waals surface area contributed by atoms with Crippen LogP contribution in [-0.2, 0) is 0 Å². The summed E-state index contributed by atoms with van der Waals surface area (Å²) in [6.45, 7) is 7.94. The van der Waals surface area contributed by atoms with Crippen LogP contribution in [0, 0.1) is 0 Å². The third-order valence-electron chi connectivity index (χ3n) is 3.32. The highest BCUT2D eigenvalue weighted by atomic mass is 32.2. The number of H-pyrrole nitrogens is 1. The number of nitrogens with zero attached hydrogens (tertiary/aromatic N) is 2. The van der Waals surface area contributed by atoms with Gasteiger partial charge in [0.05, 0.1) is 16.2 Å². The number of aromatic nitrogens is 2. The molecule has 4 nitrogen and oxygen atoms in total. The summed E-state index contributed by atoms with van der Waals surface area (Å²) >= 11 is 7.00. The highest BCUT2D eigenvalue weighted by Gasteiger charge is 2.16. The SMILES string of the molecule is CCN(CC)C(=S)S[C@@H](C)c1nc2ccccc2c(=O)[nH]1. The number of rotatable bonds is 4. The van der Waals surface area contributed by atoms with Gasteiger partial charge in [-0.15, -0.1) is 0 Å². The van der Waals surface area contributed by atoms with Crippen molar-refractivity contribution in [3.8, 4) is 0 Å². The molecule has 0 spiro atoms. The van der Waals surface area contributed by atoms with Gasteiger partial charge in [-0.1, -0.05) is 36.1 Å². The van der Waals surface area contributed by atoms with Crippen molar-refractivity contribution < 1.29 is 0 Å². The third-order valence-corrected chi connectivity index (χ3v) is 4.90. The van der Waals surface area contributed by atoms with Gasteiger partial charge in [-0.2, -0.15) is 0 Å². The number of nitrogens with one attached hydrogen (secondary N) is 1. The molecule has 0 saturated carbocycles. The molecule has 1 aromatic heterocycles. The number of fused-ring (bicyclic) bond motifs is 1. The van der Waals surface area contributed by atoms with Gasteiger partial charge in [0.2, 0.25) is 0 Å². The maximum absolute atomic E-state index is 12.1. The largest absolute Gasteiger partial charge is 0.358 e. The first kappa shape index (κ1) is 16.0. The Hall–Kier alpha value is -1.40. The standard InChI is InChI=1S/C15H19N3OS2/c1-4-18(5-2)15(20)21-10(3)13-16-12-9-7-6-8-11(12)14(19)17-13/h6-10H,4-5H2,1-3H3,(H,16,17,19)/t10-/m0/s1. The predicted octanol–water partition coefficient (Wildman–Crippen LogP) is 3.34. The molecule has 0 bridgehead atoms. The second-order valence-corrected chi connectivity index (χ2v) is 6.64. The van der Waals surface area contributed by atoms with Crippen molar-refractivity contribution in [1.29, 1.82) is 0 Å². The molecule has 0 fully saturated rings. The molecule has 1 aromatic carbocycles. The first-order valence-electron chi connectivity index (χ1n) is 7.01. The zero-order chi connectivity index (χ0) is 15.4. The Morgan fingerprint density at radius 2 is 2.05 bits per heavy atom. The summed E-state index contributed by atoms with van der Waals surface area (Å²) in [5.74, 6) is 0.665. The van der Waals surface area contributed by atoms with Gasteiger partial charge in [0.1, 0.15) is 10.1 Å². The molecule has 0 unspecified atom stereocenters. The van der Waals surface area contributed by atoms with Gasteiger partial charge in [0.15, 0.2) is 0 Å². The smallest absolute Gasteiger partial charge is 0.258 e. The Morgan fingerprint density at radius 1 is 1.38 bits per heavy atom. The van der Waals surface area contributed by atoms with E-state index in [-0.39, 0.29) is 10.8 Å². The molecule has 0 aliphatic heterocycles. The molecule has 21 heavy (non-hydrogen) atoms. The Kier molecular flexibility index (Phi) is 5.36. The number of aromatic amines is 1. The molecule has 112 valence electrons. The lowest BCUT2D eigenvalue weighted by Gasteiger charge is -2.22. The van der Waals surface area contributed by atoms with Crippen molar-refractivity contribution in [1.82, 2.24) is 14.9 Å². The van der Waals surface area contributed by atoms with E-state index < -0.39 is 0 Å². The molecule has 0 aliphatic carbocycles. The van der Waals surface area contributed by atoms with E-state index in [1.807, 2.05) is 25.1 Å². The molecule has 1 atom stereocenters. The average molecular weight is 321 g/mol. The number of benzene rings is 1. The third kappa shape index (κ3) is 3.63. The summed E-state index contributed by atoms with van der Waals surface area (Å²) in [6, 6.07) is 7.36. The molecule has 0 aliphatic rings. The minimum atomic E-state index is -0.100. The van der Waals surface area contributed by atoms with Crippen LogP contribution in [0.1, 0.15) is 31.8 Å². The molecule has 6 heteroatoms. The Morgan fingerprint density at radius 3 is 2.71 bits per heavy atom. The normalized spacial score (nSPS) is 12.3. The second kappa shape index (κ2) is 7.04.